The molecule has 1 heterocycles. The molecule has 0 aromatic carbocycles. The second-order valence-electron chi connectivity index (χ2n) is 7.00. The molecule has 0 aromatic rings. The van der Waals surface area contributed by atoms with Crippen LogP contribution in [0.15, 0.2) is 0 Å². The maximum atomic E-state index is 12.2. The van der Waals surface area contributed by atoms with Crippen molar-refractivity contribution in [3.8, 4) is 0 Å². The van der Waals surface area contributed by atoms with E-state index in [1.807, 2.05) is 4.90 Å². The maximum Gasteiger partial charge on any atom is 0.239 e. The van der Waals surface area contributed by atoms with Gasteiger partial charge in [-0.25, -0.2) is 0 Å². The van der Waals surface area contributed by atoms with Crippen LogP contribution in [0.1, 0.15) is 45.4 Å². The minimum absolute atomic E-state index is 0. The van der Waals surface area contributed by atoms with E-state index < -0.39 is 0 Å². The summed E-state index contributed by atoms with van der Waals surface area (Å²) in [6.45, 7) is 5.95. The molecular weight excluding hydrogens is 286 g/mol. The van der Waals surface area contributed by atoms with Gasteiger partial charge in [0.1, 0.15) is 0 Å². The van der Waals surface area contributed by atoms with E-state index in [9.17, 15) is 4.79 Å². The molecule has 5 heteroatoms. The van der Waals surface area contributed by atoms with Crippen molar-refractivity contribution in [1.29, 1.82) is 0 Å². The van der Waals surface area contributed by atoms with Crippen LogP contribution in [-0.2, 0) is 4.79 Å². The van der Waals surface area contributed by atoms with Gasteiger partial charge < -0.3 is 10.6 Å². The van der Waals surface area contributed by atoms with Crippen molar-refractivity contribution in [1.82, 2.24) is 9.80 Å². The molecule has 1 amide bonds. The summed E-state index contributed by atoms with van der Waals surface area (Å²) in [5.74, 6) is 2.12. The molecule has 0 aromatic heterocycles. The van der Waals surface area contributed by atoms with Gasteiger partial charge in [-0.05, 0) is 37.5 Å². The second kappa shape index (κ2) is 7.30. The average Bonchev–Trinajstić information content (AvgIpc) is 3.09. The fraction of sp³-hybridized carbons (Fsp3) is 0.938. The highest BCUT2D eigenvalue weighted by atomic mass is 35.5. The lowest BCUT2D eigenvalue weighted by molar-refractivity contribution is -0.135. The molecular formula is C16H30ClN3O. The molecule has 4 nitrogen and oxygen atoms in total. The summed E-state index contributed by atoms with van der Waals surface area (Å²) in [6, 6.07) is 0.532. The molecule has 3 aliphatic rings. The topological polar surface area (TPSA) is 49.6 Å². The summed E-state index contributed by atoms with van der Waals surface area (Å²) in [4.78, 5) is 16.9. The van der Waals surface area contributed by atoms with Crippen molar-refractivity contribution >= 4 is 18.3 Å². The first-order valence-corrected chi connectivity index (χ1v) is 8.47. The van der Waals surface area contributed by atoms with Crippen molar-refractivity contribution in [3.63, 3.8) is 0 Å². The summed E-state index contributed by atoms with van der Waals surface area (Å²) in [5, 5.41) is 0. The average molecular weight is 316 g/mol. The van der Waals surface area contributed by atoms with E-state index in [2.05, 4.69) is 11.8 Å². The third kappa shape index (κ3) is 3.54. The fourth-order valence-electron chi connectivity index (χ4n) is 4.60. The van der Waals surface area contributed by atoms with Crippen LogP contribution in [0.2, 0.25) is 0 Å². The van der Waals surface area contributed by atoms with Crippen LogP contribution in [0.3, 0.4) is 0 Å². The second-order valence-corrected chi connectivity index (χ2v) is 7.00. The predicted molar refractivity (Wildman–Crippen MR) is 87.5 cm³/mol. The van der Waals surface area contributed by atoms with Gasteiger partial charge in [-0.2, -0.15) is 0 Å². The number of piperazine rings is 1. The summed E-state index contributed by atoms with van der Waals surface area (Å²) in [7, 11) is 0. The highest BCUT2D eigenvalue weighted by molar-refractivity contribution is 5.85. The predicted octanol–water partition coefficient (Wildman–Crippen LogP) is 1.87. The van der Waals surface area contributed by atoms with E-state index in [-0.39, 0.29) is 24.4 Å². The first kappa shape index (κ1) is 17.0. The maximum absolute atomic E-state index is 12.2. The van der Waals surface area contributed by atoms with E-state index in [1.54, 1.807) is 0 Å². The van der Waals surface area contributed by atoms with Gasteiger partial charge in [0.15, 0.2) is 0 Å². The van der Waals surface area contributed by atoms with E-state index in [0.29, 0.717) is 0 Å². The number of nitrogens with two attached hydrogens (primary N) is 1. The minimum Gasteiger partial charge on any atom is -0.339 e. The number of amides is 1. The Hall–Kier alpha value is -0.320. The third-order valence-electron chi connectivity index (χ3n) is 5.71. The van der Waals surface area contributed by atoms with Gasteiger partial charge in [-0.3, -0.25) is 9.69 Å². The first-order chi connectivity index (χ1) is 9.69. The first-order valence-electron chi connectivity index (χ1n) is 8.47. The standard InChI is InChI=1S/C16H29N3O.ClH/c1-2-3-14(17)16(20)19-8-6-18(7-9-19)15-11-12-4-5-13(15)10-12;/h12-15H,2-11,17H2,1H3;1H. The molecule has 3 rings (SSSR count). The van der Waals surface area contributed by atoms with E-state index in [4.69, 9.17) is 5.73 Å². The minimum atomic E-state index is -0.283. The molecule has 3 fully saturated rings. The fourth-order valence-corrected chi connectivity index (χ4v) is 4.60. The Balaban J connectivity index is 0.00000161. The number of nitrogens with zero attached hydrogens (tertiary/aromatic N) is 2. The molecule has 0 radical (unpaired) electrons. The SMILES string of the molecule is CCCC(N)C(=O)N1CCN(C2CC3CCC2C3)CC1.Cl. The summed E-state index contributed by atoms with van der Waals surface area (Å²) >= 11 is 0. The quantitative estimate of drug-likeness (QED) is 0.861. The zero-order valence-electron chi connectivity index (χ0n) is 13.2. The van der Waals surface area contributed by atoms with Crippen LogP contribution >= 0.6 is 12.4 Å². The highest BCUT2D eigenvalue weighted by Gasteiger charge is 2.43. The highest BCUT2D eigenvalue weighted by Crippen LogP contribution is 2.46. The summed E-state index contributed by atoms with van der Waals surface area (Å²) in [5.41, 5.74) is 5.96. The third-order valence-corrected chi connectivity index (χ3v) is 5.71. The van der Waals surface area contributed by atoms with Crippen molar-refractivity contribution in [2.24, 2.45) is 17.6 Å². The number of hydrogen-bond donors (Lipinski definition) is 1. The number of halogens is 1. The smallest absolute Gasteiger partial charge is 0.239 e. The molecule has 4 atom stereocenters. The van der Waals surface area contributed by atoms with Gasteiger partial charge in [0.05, 0.1) is 6.04 Å². The molecule has 2 N–H and O–H groups in total. The van der Waals surface area contributed by atoms with E-state index in [1.165, 1.54) is 25.7 Å². The van der Waals surface area contributed by atoms with E-state index in [0.717, 1.165) is 56.9 Å². The largest absolute Gasteiger partial charge is 0.339 e. The van der Waals surface area contributed by atoms with Gasteiger partial charge >= 0.3 is 0 Å². The number of hydrogen-bond acceptors (Lipinski definition) is 3. The van der Waals surface area contributed by atoms with Crippen LogP contribution in [0.25, 0.3) is 0 Å². The molecule has 4 unspecified atom stereocenters. The van der Waals surface area contributed by atoms with Crippen LogP contribution in [0.5, 0.6) is 0 Å². The number of rotatable bonds is 4. The van der Waals surface area contributed by atoms with Crippen LogP contribution in [0.4, 0.5) is 0 Å². The van der Waals surface area contributed by atoms with Gasteiger partial charge in [-0.15, -0.1) is 12.4 Å². The molecule has 122 valence electrons. The van der Waals surface area contributed by atoms with Crippen LogP contribution in [0, 0.1) is 11.8 Å². The Labute approximate surface area is 134 Å². The molecule has 2 aliphatic carbocycles. The lowest BCUT2D eigenvalue weighted by Crippen LogP contribution is -2.55. The Bertz CT molecular complexity index is 357. The summed E-state index contributed by atoms with van der Waals surface area (Å²) < 4.78 is 0. The Morgan fingerprint density at radius 3 is 2.43 bits per heavy atom. The molecule has 1 saturated heterocycles. The van der Waals surface area contributed by atoms with Crippen LogP contribution in [-0.4, -0.2) is 54.0 Å². The molecule has 2 bridgehead atoms. The van der Waals surface area contributed by atoms with Crippen molar-refractivity contribution in [2.45, 2.75) is 57.5 Å². The normalized spacial score (nSPS) is 33.8. The van der Waals surface area contributed by atoms with Crippen LogP contribution < -0.4 is 5.73 Å². The zero-order chi connectivity index (χ0) is 14.1. The number of carbonyl (C=O) groups excluding carboxylic acids is 1. The van der Waals surface area contributed by atoms with Gasteiger partial charge in [-0.1, -0.05) is 19.8 Å². The Morgan fingerprint density at radius 2 is 1.90 bits per heavy atom. The monoisotopic (exact) mass is 315 g/mol. The lowest BCUT2D eigenvalue weighted by atomic mass is 9.93. The van der Waals surface area contributed by atoms with Gasteiger partial charge in [0, 0.05) is 32.2 Å². The zero-order valence-corrected chi connectivity index (χ0v) is 14.0. The van der Waals surface area contributed by atoms with Gasteiger partial charge in [0.25, 0.3) is 0 Å². The number of carbonyl (C=O) groups is 1. The summed E-state index contributed by atoms with van der Waals surface area (Å²) in [6.07, 6.45) is 7.57. The molecule has 21 heavy (non-hydrogen) atoms. The molecule has 0 spiro atoms. The number of fused-ring (bicyclic) bond motifs is 2. The van der Waals surface area contributed by atoms with Crippen molar-refractivity contribution < 1.29 is 4.79 Å². The molecule has 2 saturated carbocycles. The Morgan fingerprint density at radius 1 is 1.19 bits per heavy atom. The van der Waals surface area contributed by atoms with Crippen molar-refractivity contribution in [2.75, 3.05) is 26.2 Å². The molecule has 1 aliphatic heterocycles. The van der Waals surface area contributed by atoms with Crippen molar-refractivity contribution in [3.05, 3.63) is 0 Å². The van der Waals surface area contributed by atoms with Gasteiger partial charge in [0.2, 0.25) is 5.91 Å². The lowest BCUT2D eigenvalue weighted by Gasteiger charge is -2.41. The Kier molecular flexibility index (Phi) is 5.92. The van der Waals surface area contributed by atoms with E-state index >= 15 is 0 Å².